The van der Waals surface area contributed by atoms with Gasteiger partial charge in [0.1, 0.15) is 11.5 Å². The molecule has 1 aromatic rings. The van der Waals surface area contributed by atoms with E-state index in [1.807, 2.05) is 33.0 Å². The quantitative estimate of drug-likeness (QED) is 0.823. The molecule has 1 unspecified atom stereocenters. The molecule has 0 saturated carbocycles. The Hall–Kier alpha value is -1.33. The van der Waals surface area contributed by atoms with Crippen LogP contribution < -0.4 is 0 Å². The molecule has 5 nitrogen and oxygen atoms in total. The lowest BCUT2D eigenvalue weighted by atomic mass is 10.3. The Labute approximate surface area is 114 Å². The SMILES string of the molecule is Cc1ccc(CN(C)C(=O)CN2CCOC(C)C2)o1. The van der Waals surface area contributed by atoms with Crippen molar-refractivity contribution in [3.8, 4) is 0 Å². The minimum absolute atomic E-state index is 0.114. The Morgan fingerprint density at radius 3 is 2.95 bits per heavy atom. The molecule has 1 saturated heterocycles. The lowest BCUT2D eigenvalue weighted by molar-refractivity contribution is -0.133. The Kier molecular flexibility index (Phi) is 4.61. The number of hydrogen-bond acceptors (Lipinski definition) is 4. The van der Waals surface area contributed by atoms with E-state index >= 15 is 0 Å². The summed E-state index contributed by atoms with van der Waals surface area (Å²) in [6.45, 7) is 7.25. The summed E-state index contributed by atoms with van der Waals surface area (Å²) < 4.78 is 11.0. The highest BCUT2D eigenvalue weighted by Crippen LogP contribution is 2.10. The molecule has 1 aliphatic rings. The summed E-state index contributed by atoms with van der Waals surface area (Å²) >= 11 is 0. The van der Waals surface area contributed by atoms with Crippen molar-refractivity contribution in [1.29, 1.82) is 0 Å². The fourth-order valence-corrected chi connectivity index (χ4v) is 2.24. The third-order valence-corrected chi connectivity index (χ3v) is 3.30. The summed E-state index contributed by atoms with van der Waals surface area (Å²) in [7, 11) is 1.81. The van der Waals surface area contributed by atoms with Gasteiger partial charge < -0.3 is 14.1 Å². The first-order valence-corrected chi connectivity index (χ1v) is 6.68. The van der Waals surface area contributed by atoms with Gasteiger partial charge in [0.15, 0.2) is 0 Å². The summed E-state index contributed by atoms with van der Waals surface area (Å²) in [5.74, 6) is 1.81. The van der Waals surface area contributed by atoms with E-state index in [1.54, 1.807) is 4.90 Å². The third kappa shape index (κ3) is 4.08. The fraction of sp³-hybridized carbons (Fsp3) is 0.643. The van der Waals surface area contributed by atoms with Crippen LogP contribution in [0.3, 0.4) is 0 Å². The van der Waals surface area contributed by atoms with Crippen LogP contribution in [0.1, 0.15) is 18.4 Å². The van der Waals surface area contributed by atoms with Crippen molar-refractivity contribution >= 4 is 5.91 Å². The molecule has 1 fully saturated rings. The molecule has 0 aromatic carbocycles. The van der Waals surface area contributed by atoms with E-state index in [1.165, 1.54) is 0 Å². The van der Waals surface area contributed by atoms with E-state index in [0.717, 1.165) is 24.6 Å². The van der Waals surface area contributed by atoms with Crippen molar-refractivity contribution in [3.05, 3.63) is 23.7 Å². The third-order valence-electron chi connectivity index (χ3n) is 3.30. The predicted octanol–water partition coefficient (Wildman–Crippen LogP) is 1.27. The number of aryl methyl sites for hydroxylation is 1. The van der Waals surface area contributed by atoms with E-state index in [9.17, 15) is 4.79 Å². The number of likely N-dealkylation sites (N-methyl/N-ethyl adjacent to an activating group) is 1. The van der Waals surface area contributed by atoms with E-state index in [4.69, 9.17) is 9.15 Å². The standard InChI is InChI=1S/C14H22N2O3/c1-11-4-5-13(19-11)9-15(3)14(17)10-16-6-7-18-12(2)8-16/h4-5,12H,6-10H2,1-3H3. The smallest absolute Gasteiger partial charge is 0.236 e. The molecule has 106 valence electrons. The van der Waals surface area contributed by atoms with Gasteiger partial charge in [0.05, 0.1) is 25.8 Å². The molecule has 1 aromatic heterocycles. The maximum atomic E-state index is 12.1. The van der Waals surface area contributed by atoms with Crippen LogP contribution in [0.5, 0.6) is 0 Å². The molecule has 0 N–H and O–H groups in total. The van der Waals surface area contributed by atoms with Crippen molar-refractivity contribution in [1.82, 2.24) is 9.80 Å². The van der Waals surface area contributed by atoms with Crippen LogP contribution in [0.2, 0.25) is 0 Å². The largest absolute Gasteiger partial charge is 0.464 e. The average Bonchev–Trinajstić information content (AvgIpc) is 2.74. The summed E-state index contributed by atoms with van der Waals surface area (Å²) in [6.07, 6.45) is 0.208. The van der Waals surface area contributed by atoms with Crippen LogP contribution >= 0.6 is 0 Å². The number of furan rings is 1. The van der Waals surface area contributed by atoms with Gasteiger partial charge in [-0.2, -0.15) is 0 Å². The zero-order chi connectivity index (χ0) is 13.8. The topological polar surface area (TPSA) is 45.9 Å². The number of amides is 1. The Balaban J connectivity index is 1.81. The number of nitrogens with zero attached hydrogens (tertiary/aromatic N) is 2. The van der Waals surface area contributed by atoms with Crippen molar-refractivity contribution in [3.63, 3.8) is 0 Å². The number of carbonyl (C=O) groups is 1. The molecular weight excluding hydrogens is 244 g/mol. The summed E-state index contributed by atoms with van der Waals surface area (Å²) in [4.78, 5) is 16.0. The van der Waals surface area contributed by atoms with Crippen LogP contribution in [0.4, 0.5) is 0 Å². The monoisotopic (exact) mass is 266 g/mol. The zero-order valence-corrected chi connectivity index (χ0v) is 11.9. The van der Waals surface area contributed by atoms with E-state index in [0.29, 0.717) is 19.7 Å². The first-order chi connectivity index (χ1) is 9.04. The highest BCUT2D eigenvalue weighted by atomic mass is 16.5. The van der Waals surface area contributed by atoms with Crippen molar-refractivity contribution in [2.24, 2.45) is 0 Å². The second kappa shape index (κ2) is 6.21. The van der Waals surface area contributed by atoms with Crippen LogP contribution in [0.25, 0.3) is 0 Å². The maximum absolute atomic E-state index is 12.1. The fourth-order valence-electron chi connectivity index (χ4n) is 2.24. The molecule has 2 heterocycles. The number of ether oxygens (including phenoxy) is 1. The Morgan fingerprint density at radius 1 is 1.53 bits per heavy atom. The van der Waals surface area contributed by atoms with E-state index < -0.39 is 0 Å². The van der Waals surface area contributed by atoms with Crippen LogP contribution in [-0.2, 0) is 16.1 Å². The second-order valence-electron chi connectivity index (χ2n) is 5.18. The number of hydrogen-bond donors (Lipinski definition) is 0. The van der Waals surface area contributed by atoms with Crippen LogP contribution in [-0.4, -0.2) is 55.1 Å². The molecule has 19 heavy (non-hydrogen) atoms. The predicted molar refractivity (Wildman–Crippen MR) is 71.8 cm³/mol. The Bertz CT molecular complexity index is 430. The lowest BCUT2D eigenvalue weighted by Gasteiger charge is -2.31. The summed E-state index contributed by atoms with van der Waals surface area (Å²) in [5.41, 5.74) is 0. The van der Waals surface area contributed by atoms with E-state index in [2.05, 4.69) is 4.90 Å². The maximum Gasteiger partial charge on any atom is 0.236 e. The molecule has 0 bridgehead atoms. The highest BCUT2D eigenvalue weighted by molar-refractivity contribution is 5.77. The summed E-state index contributed by atoms with van der Waals surface area (Å²) in [6, 6.07) is 3.83. The van der Waals surface area contributed by atoms with Gasteiger partial charge in [-0.25, -0.2) is 0 Å². The molecule has 1 amide bonds. The van der Waals surface area contributed by atoms with Crippen molar-refractivity contribution in [2.75, 3.05) is 33.3 Å². The van der Waals surface area contributed by atoms with Gasteiger partial charge in [0, 0.05) is 20.1 Å². The zero-order valence-electron chi connectivity index (χ0n) is 11.9. The molecule has 1 aliphatic heterocycles. The number of morpholine rings is 1. The Morgan fingerprint density at radius 2 is 2.32 bits per heavy atom. The normalized spacial score (nSPS) is 20.5. The van der Waals surface area contributed by atoms with Crippen LogP contribution in [0, 0.1) is 6.92 Å². The first kappa shape index (κ1) is 14.1. The van der Waals surface area contributed by atoms with Crippen molar-refractivity contribution < 1.29 is 13.9 Å². The molecule has 0 radical (unpaired) electrons. The molecule has 5 heteroatoms. The summed E-state index contributed by atoms with van der Waals surface area (Å²) in [5, 5.41) is 0. The number of rotatable bonds is 4. The minimum atomic E-state index is 0.114. The van der Waals surface area contributed by atoms with Gasteiger partial charge in [-0.15, -0.1) is 0 Å². The van der Waals surface area contributed by atoms with Gasteiger partial charge >= 0.3 is 0 Å². The van der Waals surface area contributed by atoms with Crippen molar-refractivity contribution in [2.45, 2.75) is 26.5 Å². The molecule has 0 spiro atoms. The highest BCUT2D eigenvalue weighted by Gasteiger charge is 2.20. The molecule has 2 rings (SSSR count). The van der Waals surface area contributed by atoms with Gasteiger partial charge in [-0.05, 0) is 26.0 Å². The molecule has 0 aliphatic carbocycles. The number of carbonyl (C=O) groups excluding carboxylic acids is 1. The van der Waals surface area contributed by atoms with Gasteiger partial charge in [0.25, 0.3) is 0 Å². The minimum Gasteiger partial charge on any atom is -0.464 e. The second-order valence-corrected chi connectivity index (χ2v) is 5.18. The first-order valence-electron chi connectivity index (χ1n) is 6.68. The van der Waals surface area contributed by atoms with E-state index in [-0.39, 0.29) is 12.0 Å². The molecular formula is C14H22N2O3. The lowest BCUT2D eigenvalue weighted by Crippen LogP contribution is -2.46. The average molecular weight is 266 g/mol. The van der Waals surface area contributed by atoms with Gasteiger partial charge in [-0.1, -0.05) is 0 Å². The van der Waals surface area contributed by atoms with Gasteiger partial charge in [-0.3, -0.25) is 9.69 Å². The van der Waals surface area contributed by atoms with Gasteiger partial charge in [0.2, 0.25) is 5.91 Å². The molecule has 1 atom stereocenters. The van der Waals surface area contributed by atoms with Crippen LogP contribution in [0.15, 0.2) is 16.5 Å².